The smallest absolute Gasteiger partial charge is 0.141 e. The van der Waals surface area contributed by atoms with Crippen molar-refractivity contribution in [3.63, 3.8) is 0 Å². The van der Waals surface area contributed by atoms with Gasteiger partial charge in [-0.2, -0.15) is 15.5 Å². The second kappa shape index (κ2) is 6.69. The van der Waals surface area contributed by atoms with Crippen LogP contribution in [-0.4, -0.2) is 34.7 Å². The highest BCUT2D eigenvalue weighted by Gasteiger charge is 2.13. The molecule has 0 radical (unpaired) electrons. The fraction of sp³-hybridized carbons (Fsp3) is 0.500. The molecule has 0 amide bonds. The summed E-state index contributed by atoms with van der Waals surface area (Å²) in [5.41, 5.74) is 2.34. The van der Waals surface area contributed by atoms with Crippen LogP contribution in [0.2, 0.25) is 25.7 Å². The number of rotatable bonds is 7. The van der Waals surface area contributed by atoms with Gasteiger partial charge in [0.1, 0.15) is 18.5 Å². The van der Waals surface area contributed by atoms with Gasteiger partial charge in [-0.25, -0.2) is 4.68 Å². The van der Waals surface area contributed by atoms with E-state index in [4.69, 9.17) is 10.00 Å². The second-order valence-corrected chi connectivity index (χ2v) is 11.9. The van der Waals surface area contributed by atoms with E-state index in [-0.39, 0.29) is 0 Å². The molecule has 0 atom stereocenters. The van der Waals surface area contributed by atoms with Gasteiger partial charge in [0, 0.05) is 33.0 Å². The Morgan fingerprint density at radius 1 is 1.43 bits per heavy atom. The summed E-state index contributed by atoms with van der Waals surface area (Å²) in [6, 6.07) is 6.96. The van der Waals surface area contributed by atoms with Crippen molar-refractivity contribution in [3.05, 3.63) is 35.4 Å². The predicted molar refractivity (Wildman–Crippen MR) is 82.4 cm³/mol. The van der Waals surface area contributed by atoms with Crippen LogP contribution in [-0.2, 0) is 17.9 Å². The first-order valence-corrected chi connectivity index (χ1v) is 10.7. The molecule has 6 nitrogen and oxygen atoms in total. The van der Waals surface area contributed by atoms with Crippen LogP contribution in [0, 0.1) is 11.3 Å². The van der Waals surface area contributed by atoms with Crippen LogP contribution >= 0.6 is 0 Å². The van der Waals surface area contributed by atoms with Gasteiger partial charge in [0.15, 0.2) is 0 Å². The molecular formula is C14H21N5OSi. The minimum absolute atomic E-state index is 0.330. The summed E-state index contributed by atoms with van der Waals surface area (Å²) in [6.45, 7) is 7.99. The number of nitrogens with one attached hydrogen (secondary N) is 1. The lowest BCUT2D eigenvalue weighted by Gasteiger charge is -2.15. The van der Waals surface area contributed by atoms with E-state index in [0.717, 1.165) is 24.0 Å². The summed E-state index contributed by atoms with van der Waals surface area (Å²) in [4.78, 5) is 0. The fourth-order valence-corrected chi connectivity index (χ4v) is 2.61. The third-order valence-corrected chi connectivity index (χ3v) is 4.79. The van der Waals surface area contributed by atoms with Crippen molar-refractivity contribution in [2.75, 3.05) is 6.61 Å². The molecule has 0 aliphatic rings. The van der Waals surface area contributed by atoms with Gasteiger partial charge < -0.3 is 4.74 Å². The molecule has 0 bridgehead atoms. The molecule has 7 heteroatoms. The second-order valence-electron chi connectivity index (χ2n) is 6.24. The van der Waals surface area contributed by atoms with Crippen LogP contribution in [0.3, 0.4) is 0 Å². The Morgan fingerprint density at radius 3 is 2.86 bits per heavy atom. The molecule has 0 spiro atoms. The van der Waals surface area contributed by atoms with E-state index in [0.29, 0.717) is 18.8 Å². The van der Waals surface area contributed by atoms with Gasteiger partial charge in [-0.05, 0) is 18.2 Å². The normalized spacial score (nSPS) is 11.5. The van der Waals surface area contributed by atoms with E-state index in [9.17, 15) is 0 Å². The number of aromatic nitrogens is 4. The maximum absolute atomic E-state index is 9.16. The Morgan fingerprint density at radius 2 is 2.24 bits per heavy atom. The van der Waals surface area contributed by atoms with Crippen LogP contribution in [0.5, 0.6) is 0 Å². The summed E-state index contributed by atoms with van der Waals surface area (Å²) in [5.74, 6) is 0. The highest BCUT2D eigenvalue weighted by molar-refractivity contribution is 6.76. The molecule has 0 saturated carbocycles. The number of ether oxygens (including phenoxy) is 1. The largest absolute Gasteiger partial charge is 0.359 e. The van der Waals surface area contributed by atoms with Crippen LogP contribution in [0.4, 0.5) is 0 Å². The zero-order chi connectivity index (χ0) is 15.3. The lowest BCUT2D eigenvalue weighted by atomic mass is 10.2. The molecule has 0 aromatic carbocycles. The van der Waals surface area contributed by atoms with Crippen LogP contribution < -0.4 is 0 Å². The van der Waals surface area contributed by atoms with E-state index in [1.165, 1.54) is 0 Å². The summed E-state index contributed by atoms with van der Waals surface area (Å²) in [6.07, 6.45) is 2.34. The average Bonchev–Trinajstić information content (AvgIpc) is 3.03. The number of hydrogen-bond acceptors (Lipinski definition) is 4. The number of aromatic amines is 1. The monoisotopic (exact) mass is 303 g/mol. The number of hydrogen-bond donors (Lipinski definition) is 1. The Labute approximate surface area is 125 Å². The van der Waals surface area contributed by atoms with E-state index in [1.807, 2.05) is 6.07 Å². The third-order valence-electron chi connectivity index (χ3n) is 3.09. The Balaban J connectivity index is 1.93. The van der Waals surface area contributed by atoms with Crippen LogP contribution in [0.25, 0.3) is 0 Å². The summed E-state index contributed by atoms with van der Waals surface area (Å²) in [7, 11) is -1.09. The number of nitrogens with zero attached hydrogens (tertiary/aromatic N) is 4. The van der Waals surface area contributed by atoms with Gasteiger partial charge in [0.05, 0.1) is 5.69 Å². The first kappa shape index (κ1) is 15.5. The molecule has 2 rings (SSSR count). The SMILES string of the molecule is C[Si](C)(C)CCOCn1nc(Cc2ccn[nH]2)cc1C#N. The molecule has 112 valence electrons. The number of nitriles is 1. The van der Waals surface area contributed by atoms with Gasteiger partial charge in [-0.15, -0.1) is 0 Å². The van der Waals surface area contributed by atoms with E-state index in [2.05, 4.69) is 41.0 Å². The van der Waals surface area contributed by atoms with E-state index in [1.54, 1.807) is 16.9 Å². The first-order chi connectivity index (χ1) is 9.98. The molecule has 21 heavy (non-hydrogen) atoms. The topological polar surface area (TPSA) is 79.5 Å². The molecule has 0 fully saturated rings. The molecule has 2 aromatic rings. The highest BCUT2D eigenvalue weighted by atomic mass is 28.3. The zero-order valence-corrected chi connectivity index (χ0v) is 13.8. The maximum atomic E-state index is 9.16. The highest BCUT2D eigenvalue weighted by Crippen LogP contribution is 2.10. The van der Waals surface area contributed by atoms with Crippen LogP contribution in [0.15, 0.2) is 18.3 Å². The molecule has 2 aromatic heterocycles. The third kappa shape index (κ3) is 4.84. The van der Waals surface area contributed by atoms with Crippen LogP contribution in [0.1, 0.15) is 17.1 Å². The molecule has 0 saturated heterocycles. The standard InChI is InChI=1S/C14H21N5OSi/c1-21(2,3)7-6-20-11-19-14(10-15)9-13(18-19)8-12-4-5-16-17-12/h4-5,9H,6-8,11H2,1-3H3,(H,16,17). The van der Waals surface area contributed by atoms with Gasteiger partial charge >= 0.3 is 0 Å². The maximum Gasteiger partial charge on any atom is 0.141 e. The minimum atomic E-state index is -1.09. The Hall–Kier alpha value is -1.91. The van der Waals surface area contributed by atoms with Crippen molar-refractivity contribution in [2.24, 2.45) is 0 Å². The molecule has 2 heterocycles. The van der Waals surface area contributed by atoms with Gasteiger partial charge in [-0.1, -0.05) is 19.6 Å². The Bertz CT molecular complexity index is 606. The lowest BCUT2D eigenvalue weighted by Crippen LogP contribution is -2.22. The van der Waals surface area contributed by atoms with Gasteiger partial charge in [0.25, 0.3) is 0 Å². The minimum Gasteiger partial charge on any atom is -0.359 e. The molecular weight excluding hydrogens is 282 g/mol. The molecule has 0 aliphatic heterocycles. The van der Waals surface area contributed by atoms with Crippen molar-refractivity contribution >= 4 is 8.07 Å². The lowest BCUT2D eigenvalue weighted by molar-refractivity contribution is 0.0777. The summed E-state index contributed by atoms with van der Waals surface area (Å²) in [5, 5.41) is 20.4. The summed E-state index contributed by atoms with van der Waals surface area (Å²) < 4.78 is 7.27. The average molecular weight is 303 g/mol. The quantitative estimate of drug-likeness (QED) is 0.629. The molecule has 0 aliphatic carbocycles. The van der Waals surface area contributed by atoms with Crippen molar-refractivity contribution in [2.45, 2.75) is 38.8 Å². The first-order valence-electron chi connectivity index (χ1n) is 7.01. The van der Waals surface area contributed by atoms with Crippen molar-refractivity contribution in [3.8, 4) is 6.07 Å². The van der Waals surface area contributed by atoms with E-state index < -0.39 is 8.07 Å². The Kier molecular flexibility index (Phi) is 4.93. The van der Waals surface area contributed by atoms with E-state index >= 15 is 0 Å². The fourth-order valence-electron chi connectivity index (χ4n) is 1.85. The summed E-state index contributed by atoms with van der Waals surface area (Å²) >= 11 is 0. The predicted octanol–water partition coefficient (Wildman–Crippen LogP) is 2.38. The van der Waals surface area contributed by atoms with Crippen molar-refractivity contribution < 1.29 is 4.74 Å². The van der Waals surface area contributed by atoms with Crippen molar-refractivity contribution in [1.29, 1.82) is 5.26 Å². The van der Waals surface area contributed by atoms with Crippen molar-refractivity contribution in [1.82, 2.24) is 20.0 Å². The molecule has 1 N–H and O–H groups in total. The van der Waals surface area contributed by atoms with Gasteiger partial charge in [-0.3, -0.25) is 5.10 Å². The molecule has 0 unspecified atom stereocenters. The zero-order valence-electron chi connectivity index (χ0n) is 12.8. The van der Waals surface area contributed by atoms with Gasteiger partial charge in [0.2, 0.25) is 0 Å². The number of H-pyrrole nitrogens is 1.